The molecule has 0 radical (unpaired) electrons. The first-order chi connectivity index (χ1) is 7.28. The van der Waals surface area contributed by atoms with Gasteiger partial charge in [-0.3, -0.25) is 0 Å². The molecular weight excluding hydrogens is 195 g/mol. The highest BCUT2D eigenvalue weighted by molar-refractivity contribution is 5.33. The first-order valence-corrected chi connectivity index (χ1v) is 4.47. The number of benzene rings is 1. The molecule has 0 fully saturated rings. The molecule has 3 nitrogen and oxygen atoms in total. The van der Waals surface area contributed by atoms with E-state index in [0.29, 0.717) is 18.1 Å². The van der Waals surface area contributed by atoms with Crippen LogP contribution in [-0.4, -0.2) is 10.1 Å². The van der Waals surface area contributed by atoms with Crippen molar-refractivity contribution in [2.24, 2.45) is 0 Å². The van der Waals surface area contributed by atoms with Crippen LogP contribution in [0, 0.1) is 5.82 Å². The number of nitrogens with zero attached hydrogens (tertiary/aromatic N) is 2. The van der Waals surface area contributed by atoms with E-state index >= 15 is 0 Å². The Morgan fingerprint density at radius 2 is 2.33 bits per heavy atom. The normalized spacial score (nSPS) is 10.2. The Labute approximate surface area is 86.2 Å². The summed E-state index contributed by atoms with van der Waals surface area (Å²) in [4.78, 5) is 4.04. The van der Waals surface area contributed by atoms with Crippen molar-refractivity contribution < 1.29 is 8.91 Å². The molecule has 1 aromatic carbocycles. The third-order valence-electron chi connectivity index (χ3n) is 1.91. The molecule has 1 heterocycles. The van der Waals surface area contributed by atoms with E-state index < -0.39 is 0 Å². The van der Waals surface area contributed by atoms with Crippen molar-refractivity contribution in [1.82, 2.24) is 10.1 Å². The van der Waals surface area contributed by atoms with Crippen molar-refractivity contribution in [1.29, 1.82) is 0 Å². The molecule has 76 valence electrons. The van der Waals surface area contributed by atoms with Crippen molar-refractivity contribution in [3.63, 3.8) is 0 Å². The van der Waals surface area contributed by atoms with Gasteiger partial charge in [-0.1, -0.05) is 23.9 Å². The van der Waals surface area contributed by atoms with Gasteiger partial charge in [0.1, 0.15) is 5.82 Å². The molecule has 0 saturated heterocycles. The maximum atomic E-state index is 12.9. The fourth-order valence-corrected chi connectivity index (χ4v) is 1.25. The van der Waals surface area contributed by atoms with Crippen LogP contribution in [0.1, 0.15) is 17.3 Å². The Kier molecular flexibility index (Phi) is 2.58. The smallest absolute Gasteiger partial charge is 0.250 e. The van der Waals surface area contributed by atoms with E-state index in [2.05, 4.69) is 16.7 Å². The van der Waals surface area contributed by atoms with Gasteiger partial charge in [-0.2, -0.15) is 4.98 Å². The lowest BCUT2D eigenvalue weighted by molar-refractivity contribution is 0.404. The van der Waals surface area contributed by atoms with Gasteiger partial charge in [-0.15, -0.1) is 0 Å². The molecule has 2 rings (SSSR count). The van der Waals surface area contributed by atoms with Crippen molar-refractivity contribution in [3.8, 4) is 0 Å². The van der Waals surface area contributed by atoms with Gasteiger partial charge in [0.25, 0.3) is 0 Å². The molecule has 0 unspecified atom stereocenters. The standard InChI is InChI=1S/C11H9FN2O/c1-2-11-13-10(14-15-11)7-8-4-3-5-9(12)6-8/h2-6H,1,7H2. The van der Waals surface area contributed by atoms with Crippen LogP contribution in [0.15, 0.2) is 35.4 Å². The molecule has 0 amide bonds. The molecule has 0 atom stereocenters. The summed E-state index contributed by atoms with van der Waals surface area (Å²) in [6.45, 7) is 3.51. The van der Waals surface area contributed by atoms with Crippen LogP contribution in [-0.2, 0) is 6.42 Å². The Balaban J connectivity index is 2.18. The van der Waals surface area contributed by atoms with Gasteiger partial charge in [0.05, 0.1) is 0 Å². The highest BCUT2D eigenvalue weighted by Crippen LogP contribution is 2.08. The van der Waals surface area contributed by atoms with Gasteiger partial charge in [0.2, 0.25) is 5.89 Å². The lowest BCUT2D eigenvalue weighted by Gasteiger charge is -1.95. The predicted octanol–water partition coefficient (Wildman–Crippen LogP) is 2.44. The number of halogens is 1. The lowest BCUT2D eigenvalue weighted by atomic mass is 10.1. The summed E-state index contributed by atoms with van der Waals surface area (Å²) in [6.07, 6.45) is 1.93. The summed E-state index contributed by atoms with van der Waals surface area (Å²) in [6, 6.07) is 6.31. The summed E-state index contributed by atoms with van der Waals surface area (Å²) in [5.41, 5.74) is 0.811. The van der Waals surface area contributed by atoms with Gasteiger partial charge < -0.3 is 4.52 Å². The van der Waals surface area contributed by atoms with E-state index in [1.165, 1.54) is 18.2 Å². The molecule has 0 saturated carbocycles. The minimum Gasteiger partial charge on any atom is -0.335 e. The molecular formula is C11H9FN2O. The number of aromatic nitrogens is 2. The minimum absolute atomic E-state index is 0.264. The summed E-state index contributed by atoms with van der Waals surface area (Å²) >= 11 is 0. The number of hydrogen-bond acceptors (Lipinski definition) is 3. The van der Waals surface area contributed by atoms with Gasteiger partial charge in [0.15, 0.2) is 5.82 Å². The lowest BCUT2D eigenvalue weighted by Crippen LogP contribution is -1.91. The molecule has 0 N–H and O–H groups in total. The Hall–Kier alpha value is -1.97. The first kappa shape index (κ1) is 9.58. The molecule has 4 heteroatoms. The van der Waals surface area contributed by atoms with Gasteiger partial charge in [0, 0.05) is 6.42 Å². The second-order valence-electron chi connectivity index (χ2n) is 3.06. The SMILES string of the molecule is C=Cc1nc(Cc2cccc(F)c2)no1. The third kappa shape index (κ3) is 2.28. The fraction of sp³-hybridized carbons (Fsp3) is 0.0909. The summed E-state index contributed by atoms with van der Waals surface area (Å²) in [5, 5.41) is 3.73. The van der Waals surface area contributed by atoms with E-state index in [1.54, 1.807) is 6.07 Å². The third-order valence-corrected chi connectivity index (χ3v) is 1.91. The fourth-order valence-electron chi connectivity index (χ4n) is 1.25. The largest absolute Gasteiger partial charge is 0.335 e. The quantitative estimate of drug-likeness (QED) is 0.770. The van der Waals surface area contributed by atoms with Crippen LogP contribution in [0.3, 0.4) is 0 Å². The molecule has 0 aliphatic heterocycles. The summed E-state index contributed by atoms with van der Waals surface area (Å²) in [7, 11) is 0. The minimum atomic E-state index is -0.264. The first-order valence-electron chi connectivity index (χ1n) is 4.47. The zero-order valence-electron chi connectivity index (χ0n) is 7.98. The Bertz CT molecular complexity index is 479. The average Bonchev–Trinajstić information content (AvgIpc) is 2.65. The van der Waals surface area contributed by atoms with Gasteiger partial charge in [-0.25, -0.2) is 4.39 Å². The van der Waals surface area contributed by atoms with Crippen LogP contribution < -0.4 is 0 Å². The average molecular weight is 204 g/mol. The van der Waals surface area contributed by atoms with Crippen LogP contribution in [0.5, 0.6) is 0 Å². The number of rotatable bonds is 3. The Morgan fingerprint density at radius 3 is 3.00 bits per heavy atom. The van der Waals surface area contributed by atoms with E-state index in [1.807, 2.05) is 6.07 Å². The maximum absolute atomic E-state index is 12.9. The molecule has 2 aromatic rings. The van der Waals surface area contributed by atoms with Crippen LogP contribution in [0.2, 0.25) is 0 Å². The molecule has 15 heavy (non-hydrogen) atoms. The maximum Gasteiger partial charge on any atom is 0.250 e. The summed E-state index contributed by atoms with van der Waals surface area (Å²) < 4.78 is 17.7. The van der Waals surface area contributed by atoms with Crippen LogP contribution in [0.25, 0.3) is 6.08 Å². The second kappa shape index (κ2) is 4.04. The zero-order chi connectivity index (χ0) is 10.7. The summed E-state index contributed by atoms with van der Waals surface area (Å²) in [5.74, 6) is 0.636. The van der Waals surface area contributed by atoms with Crippen molar-refractivity contribution in [2.75, 3.05) is 0 Å². The molecule has 0 aliphatic carbocycles. The van der Waals surface area contributed by atoms with Crippen molar-refractivity contribution >= 4 is 6.08 Å². The van der Waals surface area contributed by atoms with Gasteiger partial charge in [-0.05, 0) is 23.8 Å². The molecule has 0 aliphatic rings. The van der Waals surface area contributed by atoms with Crippen LogP contribution in [0.4, 0.5) is 4.39 Å². The monoisotopic (exact) mass is 204 g/mol. The van der Waals surface area contributed by atoms with Crippen molar-refractivity contribution in [3.05, 3.63) is 53.9 Å². The van der Waals surface area contributed by atoms with Crippen molar-refractivity contribution in [2.45, 2.75) is 6.42 Å². The van der Waals surface area contributed by atoms with E-state index in [-0.39, 0.29) is 5.82 Å². The molecule has 0 spiro atoms. The second-order valence-corrected chi connectivity index (χ2v) is 3.06. The van der Waals surface area contributed by atoms with Gasteiger partial charge >= 0.3 is 0 Å². The van der Waals surface area contributed by atoms with E-state index in [0.717, 1.165) is 5.56 Å². The number of hydrogen-bond donors (Lipinski definition) is 0. The van der Waals surface area contributed by atoms with E-state index in [4.69, 9.17) is 4.52 Å². The highest BCUT2D eigenvalue weighted by atomic mass is 19.1. The van der Waals surface area contributed by atoms with Crippen LogP contribution >= 0.6 is 0 Å². The predicted molar refractivity (Wildman–Crippen MR) is 53.6 cm³/mol. The molecule has 1 aromatic heterocycles. The topological polar surface area (TPSA) is 38.9 Å². The highest BCUT2D eigenvalue weighted by Gasteiger charge is 2.04. The molecule has 0 bridgehead atoms. The Morgan fingerprint density at radius 1 is 1.47 bits per heavy atom. The van der Waals surface area contributed by atoms with E-state index in [9.17, 15) is 4.39 Å². The zero-order valence-corrected chi connectivity index (χ0v) is 7.98.